The first-order chi connectivity index (χ1) is 10.6. The van der Waals surface area contributed by atoms with Crippen LogP contribution in [-0.4, -0.2) is 22.4 Å². The maximum atomic E-state index is 12.0. The van der Waals surface area contributed by atoms with Crippen LogP contribution in [0.15, 0.2) is 18.3 Å². The number of amides is 1. The number of carbonyl (C=O) groups is 1. The fourth-order valence-corrected chi connectivity index (χ4v) is 3.06. The number of nitrogens with zero attached hydrogens (tertiary/aromatic N) is 2. The number of pyridine rings is 2. The maximum Gasteiger partial charge on any atom is 0.226 e. The fraction of sp³-hybridized carbons (Fsp3) is 0.471. The largest absolute Gasteiger partial charge is 0.368 e. The van der Waals surface area contributed by atoms with Gasteiger partial charge in [0.25, 0.3) is 0 Å². The van der Waals surface area contributed by atoms with Crippen molar-refractivity contribution in [1.29, 1.82) is 0 Å². The van der Waals surface area contributed by atoms with Crippen LogP contribution in [0.2, 0.25) is 0 Å². The molecule has 5 heteroatoms. The molecule has 0 bridgehead atoms. The standard InChI is InChI=1S/C17H22N4O/c1-4-7-19-17-15-11(6-5-8-18-15)14-12(10(2)3)9-13(22)20-16(14)21-17/h5-6,8,10,12H,4,7,9H2,1-3H3,(H2,19,20,21,22). The van der Waals surface area contributed by atoms with Gasteiger partial charge in [0.05, 0.1) is 0 Å². The zero-order chi connectivity index (χ0) is 15.7. The van der Waals surface area contributed by atoms with Crippen LogP contribution in [0.25, 0.3) is 10.9 Å². The molecule has 1 amide bonds. The Morgan fingerprint density at radius 3 is 3.00 bits per heavy atom. The third-order valence-corrected chi connectivity index (χ3v) is 4.18. The van der Waals surface area contributed by atoms with Crippen molar-refractivity contribution in [1.82, 2.24) is 9.97 Å². The average molecular weight is 298 g/mol. The molecule has 2 N–H and O–H groups in total. The molecule has 2 aromatic rings. The first-order valence-electron chi connectivity index (χ1n) is 7.94. The van der Waals surface area contributed by atoms with E-state index in [0.29, 0.717) is 18.2 Å². The van der Waals surface area contributed by atoms with Gasteiger partial charge in [0.1, 0.15) is 11.3 Å². The number of carbonyl (C=O) groups excluding carboxylic acids is 1. The van der Waals surface area contributed by atoms with E-state index in [1.807, 2.05) is 6.07 Å². The van der Waals surface area contributed by atoms with Crippen LogP contribution in [0.3, 0.4) is 0 Å². The molecule has 3 heterocycles. The molecule has 0 saturated heterocycles. The van der Waals surface area contributed by atoms with Gasteiger partial charge in [-0.1, -0.05) is 26.8 Å². The second-order valence-electron chi connectivity index (χ2n) is 6.15. The summed E-state index contributed by atoms with van der Waals surface area (Å²) in [5.74, 6) is 2.05. The van der Waals surface area contributed by atoms with E-state index in [0.717, 1.165) is 35.2 Å². The van der Waals surface area contributed by atoms with Gasteiger partial charge in [-0.15, -0.1) is 0 Å². The second kappa shape index (κ2) is 5.91. The molecule has 0 radical (unpaired) electrons. The first-order valence-corrected chi connectivity index (χ1v) is 7.94. The van der Waals surface area contributed by atoms with Crippen LogP contribution >= 0.6 is 0 Å². The van der Waals surface area contributed by atoms with Crippen LogP contribution in [0.1, 0.15) is 45.1 Å². The Morgan fingerprint density at radius 1 is 1.45 bits per heavy atom. The van der Waals surface area contributed by atoms with Crippen LogP contribution in [0.4, 0.5) is 11.6 Å². The summed E-state index contributed by atoms with van der Waals surface area (Å²) in [7, 11) is 0. The van der Waals surface area contributed by atoms with E-state index in [-0.39, 0.29) is 11.8 Å². The van der Waals surface area contributed by atoms with E-state index in [1.165, 1.54) is 0 Å². The highest BCUT2D eigenvalue weighted by atomic mass is 16.1. The maximum absolute atomic E-state index is 12.0. The molecule has 1 aliphatic rings. The lowest BCUT2D eigenvalue weighted by Gasteiger charge is -2.29. The summed E-state index contributed by atoms with van der Waals surface area (Å²) in [6.45, 7) is 7.24. The third-order valence-electron chi connectivity index (χ3n) is 4.18. The number of anilines is 2. The van der Waals surface area contributed by atoms with Crippen molar-refractivity contribution in [3.8, 4) is 0 Å². The number of nitrogens with one attached hydrogen (secondary N) is 2. The number of hydrogen-bond donors (Lipinski definition) is 2. The van der Waals surface area contributed by atoms with E-state index >= 15 is 0 Å². The van der Waals surface area contributed by atoms with Gasteiger partial charge in [-0.3, -0.25) is 9.78 Å². The molecule has 2 aromatic heterocycles. The number of fused-ring (bicyclic) bond motifs is 3. The van der Waals surface area contributed by atoms with Gasteiger partial charge in [0, 0.05) is 30.1 Å². The third kappa shape index (κ3) is 2.51. The summed E-state index contributed by atoms with van der Waals surface area (Å²) in [5, 5.41) is 7.35. The van der Waals surface area contributed by atoms with Gasteiger partial charge >= 0.3 is 0 Å². The monoisotopic (exact) mass is 298 g/mol. The minimum atomic E-state index is 0.0448. The Hall–Kier alpha value is -2.17. The van der Waals surface area contributed by atoms with Crippen molar-refractivity contribution in [2.24, 2.45) is 5.92 Å². The Kier molecular flexibility index (Phi) is 3.96. The van der Waals surface area contributed by atoms with Crippen molar-refractivity contribution in [3.63, 3.8) is 0 Å². The SMILES string of the molecule is CCCNc1nc2c(c3cccnc13)C(C(C)C)CC(=O)N2. The van der Waals surface area contributed by atoms with Gasteiger partial charge in [0.15, 0.2) is 5.82 Å². The summed E-state index contributed by atoms with van der Waals surface area (Å²) in [4.78, 5) is 21.2. The van der Waals surface area contributed by atoms with Crippen molar-refractivity contribution in [3.05, 3.63) is 23.9 Å². The molecule has 116 valence electrons. The predicted octanol–water partition coefficient (Wildman–Crippen LogP) is 3.53. The topological polar surface area (TPSA) is 66.9 Å². The Balaban J connectivity index is 2.23. The first kappa shape index (κ1) is 14.8. The highest BCUT2D eigenvalue weighted by molar-refractivity contribution is 6.01. The van der Waals surface area contributed by atoms with E-state index in [1.54, 1.807) is 6.20 Å². The van der Waals surface area contributed by atoms with Crippen molar-refractivity contribution in [2.45, 2.75) is 39.5 Å². The predicted molar refractivity (Wildman–Crippen MR) is 89.1 cm³/mol. The molecule has 0 aromatic carbocycles. The van der Waals surface area contributed by atoms with Gasteiger partial charge < -0.3 is 10.6 Å². The molecule has 1 atom stereocenters. The summed E-state index contributed by atoms with van der Waals surface area (Å²) in [5.41, 5.74) is 2.01. The summed E-state index contributed by atoms with van der Waals surface area (Å²) in [6.07, 6.45) is 3.31. The molecular weight excluding hydrogens is 276 g/mol. The van der Waals surface area contributed by atoms with E-state index in [2.05, 4.69) is 47.4 Å². The molecule has 0 saturated carbocycles. The molecule has 0 spiro atoms. The summed E-state index contributed by atoms with van der Waals surface area (Å²) >= 11 is 0. The van der Waals surface area contributed by atoms with Gasteiger partial charge in [-0.2, -0.15) is 0 Å². The summed E-state index contributed by atoms with van der Waals surface area (Å²) < 4.78 is 0. The van der Waals surface area contributed by atoms with Gasteiger partial charge in [-0.25, -0.2) is 4.98 Å². The van der Waals surface area contributed by atoms with Crippen LogP contribution in [0.5, 0.6) is 0 Å². The zero-order valence-corrected chi connectivity index (χ0v) is 13.3. The summed E-state index contributed by atoms with van der Waals surface area (Å²) in [6, 6.07) is 4.02. The van der Waals surface area contributed by atoms with Crippen LogP contribution < -0.4 is 10.6 Å². The van der Waals surface area contributed by atoms with Crippen LogP contribution in [0, 0.1) is 5.92 Å². The van der Waals surface area contributed by atoms with E-state index in [4.69, 9.17) is 0 Å². The van der Waals surface area contributed by atoms with Gasteiger partial charge in [-0.05, 0) is 24.3 Å². The number of aromatic nitrogens is 2. The normalized spacial score (nSPS) is 17.5. The fourth-order valence-electron chi connectivity index (χ4n) is 3.06. The van der Waals surface area contributed by atoms with Crippen molar-refractivity contribution in [2.75, 3.05) is 17.2 Å². The smallest absolute Gasteiger partial charge is 0.226 e. The Morgan fingerprint density at radius 2 is 2.27 bits per heavy atom. The molecule has 0 fully saturated rings. The molecule has 1 aliphatic heterocycles. The number of rotatable bonds is 4. The van der Waals surface area contributed by atoms with E-state index in [9.17, 15) is 4.79 Å². The second-order valence-corrected chi connectivity index (χ2v) is 6.15. The van der Waals surface area contributed by atoms with Crippen molar-refractivity contribution >= 4 is 28.4 Å². The minimum absolute atomic E-state index is 0.0448. The highest BCUT2D eigenvalue weighted by Crippen LogP contribution is 2.41. The lowest BCUT2D eigenvalue weighted by atomic mass is 9.82. The molecule has 0 aliphatic carbocycles. The molecular formula is C17H22N4O. The number of hydrogen-bond acceptors (Lipinski definition) is 4. The Bertz CT molecular complexity index is 711. The van der Waals surface area contributed by atoms with Crippen LogP contribution in [-0.2, 0) is 4.79 Å². The van der Waals surface area contributed by atoms with E-state index < -0.39 is 0 Å². The lowest BCUT2D eigenvalue weighted by molar-refractivity contribution is -0.117. The van der Waals surface area contributed by atoms with Crippen molar-refractivity contribution < 1.29 is 4.79 Å². The average Bonchev–Trinajstić information content (AvgIpc) is 2.51. The lowest BCUT2D eigenvalue weighted by Crippen LogP contribution is -2.27. The molecule has 22 heavy (non-hydrogen) atoms. The Labute approximate surface area is 130 Å². The zero-order valence-electron chi connectivity index (χ0n) is 13.3. The molecule has 1 unspecified atom stereocenters. The highest BCUT2D eigenvalue weighted by Gasteiger charge is 2.31. The quantitative estimate of drug-likeness (QED) is 0.906. The minimum Gasteiger partial charge on any atom is -0.368 e. The molecule has 5 nitrogen and oxygen atoms in total. The van der Waals surface area contributed by atoms with Gasteiger partial charge in [0.2, 0.25) is 5.91 Å². The molecule has 3 rings (SSSR count).